The van der Waals surface area contributed by atoms with E-state index in [2.05, 4.69) is 15.8 Å². The molecule has 0 amide bonds. The van der Waals surface area contributed by atoms with Crippen molar-refractivity contribution in [2.45, 2.75) is 11.3 Å². The number of amidine groups is 1. The molecule has 0 radical (unpaired) electrons. The van der Waals surface area contributed by atoms with Crippen LogP contribution in [0.2, 0.25) is 5.02 Å². The fraction of sp³-hybridized carbons (Fsp3) is 0.0714. The quantitative estimate of drug-likeness (QED) is 0.638. The van der Waals surface area contributed by atoms with Gasteiger partial charge in [0.15, 0.2) is 0 Å². The molecule has 0 saturated heterocycles. The fourth-order valence-corrected chi connectivity index (χ4v) is 3.05. The predicted molar refractivity (Wildman–Crippen MR) is 82.6 cm³/mol. The molecular weight excluding hydrogens is 299 g/mol. The first kappa shape index (κ1) is 12.9. The lowest BCUT2D eigenvalue weighted by Crippen LogP contribution is -2.12. The second-order valence-electron chi connectivity index (χ2n) is 4.14. The van der Waals surface area contributed by atoms with Crippen LogP contribution >= 0.6 is 35.1 Å². The molecule has 1 heterocycles. The molecule has 0 unspecified atom stereocenters. The lowest BCUT2D eigenvalue weighted by Gasteiger charge is -2.16. The molecule has 5 heteroatoms. The SMILES string of the molecule is ClC1=Nc2c(Cc3ccccc3Cl)cccc2SN1. The summed E-state index contributed by atoms with van der Waals surface area (Å²) < 4.78 is 2.95. The number of benzene rings is 2. The van der Waals surface area contributed by atoms with Crippen LogP contribution in [0.5, 0.6) is 0 Å². The lowest BCUT2D eigenvalue weighted by atomic mass is 10.0. The molecule has 96 valence electrons. The zero-order chi connectivity index (χ0) is 13.2. The predicted octanol–water partition coefficient (Wildman–Crippen LogP) is 4.77. The van der Waals surface area contributed by atoms with Crippen LogP contribution in [0.25, 0.3) is 0 Å². The Morgan fingerprint density at radius 2 is 1.79 bits per heavy atom. The van der Waals surface area contributed by atoms with Crippen molar-refractivity contribution in [3.63, 3.8) is 0 Å². The number of rotatable bonds is 2. The first-order valence-electron chi connectivity index (χ1n) is 5.76. The molecule has 1 aliphatic rings. The number of fused-ring (bicyclic) bond motifs is 1. The van der Waals surface area contributed by atoms with E-state index < -0.39 is 0 Å². The Morgan fingerprint density at radius 3 is 2.63 bits per heavy atom. The molecule has 0 saturated carbocycles. The fourth-order valence-electron chi connectivity index (χ4n) is 1.98. The highest BCUT2D eigenvalue weighted by Gasteiger charge is 2.15. The van der Waals surface area contributed by atoms with E-state index in [0.717, 1.165) is 33.2 Å². The average molecular weight is 309 g/mol. The minimum atomic E-state index is 0.407. The van der Waals surface area contributed by atoms with Crippen LogP contribution in [0.4, 0.5) is 5.69 Å². The lowest BCUT2D eigenvalue weighted by molar-refractivity contribution is 1.15. The topological polar surface area (TPSA) is 24.4 Å². The van der Waals surface area contributed by atoms with E-state index in [1.807, 2.05) is 36.4 Å². The van der Waals surface area contributed by atoms with Gasteiger partial charge in [0.25, 0.3) is 0 Å². The minimum absolute atomic E-state index is 0.407. The van der Waals surface area contributed by atoms with Gasteiger partial charge in [0.1, 0.15) is 0 Å². The largest absolute Gasteiger partial charge is 0.300 e. The van der Waals surface area contributed by atoms with E-state index >= 15 is 0 Å². The highest BCUT2D eigenvalue weighted by Crippen LogP contribution is 2.36. The van der Waals surface area contributed by atoms with Crippen LogP contribution in [-0.4, -0.2) is 5.29 Å². The first-order chi connectivity index (χ1) is 9.24. The normalized spacial score (nSPS) is 13.5. The number of hydrogen-bond acceptors (Lipinski definition) is 3. The monoisotopic (exact) mass is 308 g/mol. The molecule has 2 nitrogen and oxygen atoms in total. The van der Waals surface area contributed by atoms with Gasteiger partial charge in [0, 0.05) is 11.4 Å². The van der Waals surface area contributed by atoms with Gasteiger partial charge in [-0.25, -0.2) is 4.99 Å². The molecule has 2 aromatic carbocycles. The van der Waals surface area contributed by atoms with Crippen molar-refractivity contribution in [2.24, 2.45) is 4.99 Å². The third kappa shape index (κ3) is 2.73. The third-order valence-corrected chi connectivity index (χ3v) is 4.38. The number of para-hydroxylation sites is 1. The Kier molecular flexibility index (Phi) is 3.69. The molecule has 0 fully saturated rings. The van der Waals surface area contributed by atoms with Crippen molar-refractivity contribution in [1.82, 2.24) is 4.72 Å². The van der Waals surface area contributed by atoms with Crippen molar-refractivity contribution in [2.75, 3.05) is 0 Å². The second-order valence-corrected chi connectivity index (χ2v) is 5.75. The molecule has 0 atom stereocenters. The standard InChI is InChI=1S/C14H10Cl2N2S/c15-11-6-2-1-4-9(11)8-10-5-3-7-12-13(10)17-14(16)18-19-12/h1-7H,8H2,(H,17,18). The first-order valence-corrected chi connectivity index (χ1v) is 7.33. The molecule has 3 rings (SSSR count). The summed E-state index contributed by atoms with van der Waals surface area (Å²) in [5.74, 6) is 0. The van der Waals surface area contributed by atoms with Gasteiger partial charge >= 0.3 is 0 Å². The Labute approximate surface area is 126 Å². The minimum Gasteiger partial charge on any atom is -0.300 e. The van der Waals surface area contributed by atoms with E-state index in [4.69, 9.17) is 23.2 Å². The van der Waals surface area contributed by atoms with E-state index in [9.17, 15) is 0 Å². The Morgan fingerprint density at radius 1 is 1.00 bits per heavy atom. The van der Waals surface area contributed by atoms with E-state index in [-0.39, 0.29) is 0 Å². The van der Waals surface area contributed by atoms with Crippen LogP contribution in [0, 0.1) is 0 Å². The van der Waals surface area contributed by atoms with E-state index in [1.54, 1.807) is 0 Å². The van der Waals surface area contributed by atoms with Crippen molar-refractivity contribution >= 4 is 46.1 Å². The van der Waals surface area contributed by atoms with Gasteiger partial charge in [0.2, 0.25) is 5.29 Å². The Bertz CT molecular complexity index is 656. The Balaban J connectivity index is 2.02. The molecule has 0 bridgehead atoms. The summed E-state index contributed by atoms with van der Waals surface area (Å²) in [6.07, 6.45) is 0.747. The Hall–Kier alpha value is -1.16. The van der Waals surface area contributed by atoms with Gasteiger partial charge in [-0.3, -0.25) is 0 Å². The van der Waals surface area contributed by atoms with Crippen molar-refractivity contribution < 1.29 is 0 Å². The highest BCUT2D eigenvalue weighted by atomic mass is 35.5. The number of aliphatic imine (C=N–C) groups is 1. The molecular formula is C14H10Cl2N2S. The van der Waals surface area contributed by atoms with Crippen molar-refractivity contribution in [3.8, 4) is 0 Å². The molecule has 0 spiro atoms. The molecule has 1 aliphatic heterocycles. The van der Waals surface area contributed by atoms with Crippen molar-refractivity contribution in [1.29, 1.82) is 0 Å². The molecule has 19 heavy (non-hydrogen) atoms. The summed E-state index contributed by atoms with van der Waals surface area (Å²) >= 11 is 13.6. The highest BCUT2D eigenvalue weighted by molar-refractivity contribution is 7.98. The molecule has 1 N–H and O–H groups in total. The number of nitrogens with one attached hydrogen (secondary N) is 1. The molecule has 2 aromatic rings. The van der Waals surface area contributed by atoms with Crippen LogP contribution in [-0.2, 0) is 6.42 Å². The zero-order valence-corrected chi connectivity index (χ0v) is 12.2. The molecule has 0 aromatic heterocycles. The van der Waals surface area contributed by atoms with Gasteiger partial charge in [0.05, 0.1) is 10.6 Å². The van der Waals surface area contributed by atoms with Gasteiger partial charge in [-0.15, -0.1) is 0 Å². The summed E-state index contributed by atoms with van der Waals surface area (Å²) in [6.45, 7) is 0. The van der Waals surface area contributed by atoms with Gasteiger partial charge in [-0.2, -0.15) is 0 Å². The number of nitrogens with zero attached hydrogens (tertiary/aromatic N) is 1. The van der Waals surface area contributed by atoms with Crippen LogP contribution < -0.4 is 4.72 Å². The van der Waals surface area contributed by atoms with Gasteiger partial charge in [-0.1, -0.05) is 41.9 Å². The maximum Gasteiger partial charge on any atom is 0.206 e. The van der Waals surface area contributed by atoms with Crippen LogP contribution in [0.1, 0.15) is 11.1 Å². The summed E-state index contributed by atoms with van der Waals surface area (Å²) in [7, 11) is 0. The maximum atomic E-state index is 6.21. The zero-order valence-electron chi connectivity index (χ0n) is 9.86. The molecule has 0 aliphatic carbocycles. The summed E-state index contributed by atoms with van der Waals surface area (Å²) in [5, 5.41) is 1.18. The average Bonchev–Trinajstić information content (AvgIpc) is 2.42. The van der Waals surface area contributed by atoms with E-state index in [1.165, 1.54) is 11.9 Å². The van der Waals surface area contributed by atoms with Crippen LogP contribution in [0.15, 0.2) is 52.4 Å². The maximum absolute atomic E-state index is 6.21. The number of halogens is 2. The van der Waals surface area contributed by atoms with Gasteiger partial charge in [-0.05, 0) is 46.8 Å². The summed E-state index contributed by atoms with van der Waals surface area (Å²) in [4.78, 5) is 5.46. The van der Waals surface area contributed by atoms with Gasteiger partial charge < -0.3 is 4.72 Å². The van der Waals surface area contributed by atoms with E-state index in [0.29, 0.717) is 5.29 Å². The van der Waals surface area contributed by atoms with Crippen molar-refractivity contribution in [3.05, 3.63) is 58.6 Å². The third-order valence-electron chi connectivity index (χ3n) is 2.88. The second kappa shape index (κ2) is 5.45. The summed E-state index contributed by atoms with van der Waals surface area (Å²) in [6, 6.07) is 14.0. The smallest absolute Gasteiger partial charge is 0.206 e. The van der Waals surface area contributed by atoms with Crippen LogP contribution in [0.3, 0.4) is 0 Å². The number of hydrogen-bond donors (Lipinski definition) is 1. The summed E-state index contributed by atoms with van der Waals surface area (Å²) in [5.41, 5.74) is 3.14.